The van der Waals surface area contributed by atoms with E-state index in [0.717, 1.165) is 22.9 Å². The molecule has 0 atom stereocenters. The number of hydrogen-bond acceptors (Lipinski definition) is 6. The number of ether oxygens (including phenoxy) is 2. The molecule has 0 aromatic heterocycles. The fourth-order valence-electron chi connectivity index (χ4n) is 2.69. The number of aliphatic carboxylic acids is 1. The maximum atomic E-state index is 12.5. The van der Waals surface area contributed by atoms with E-state index in [0.29, 0.717) is 32.4 Å². The van der Waals surface area contributed by atoms with Crippen LogP contribution in [-0.2, 0) is 16.2 Å². The fraction of sp³-hybridized carbons (Fsp3) is 0.190. The molecule has 0 bridgehead atoms. The molecule has 2 aromatic rings. The third-order valence-electron chi connectivity index (χ3n) is 4.22. The van der Waals surface area contributed by atoms with Gasteiger partial charge in [0, 0.05) is 11.6 Å². The van der Waals surface area contributed by atoms with Gasteiger partial charge < -0.3 is 14.6 Å². The summed E-state index contributed by atoms with van der Waals surface area (Å²) in [4.78, 5) is 25.0. The van der Waals surface area contributed by atoms with Crippen LogP contribution < -0.4 is 9.47 Å². The van der Waals surface area contributed by atoms with E-state index in [1.165, 1.54) is 4.90 Å². The maximum absolute atomic E-state index is 12.5. The van der Waals surface area contributed by atoms with E-state index >= 15 is 0 Å². The number of halogens is 1. The average Bonchev–Trinajstić information content (AvgIpc) is 2.99. The van der Waals surface area contributed by atoms with Gasteiger partial charge in [-0.1, -0.05) is 53.8 Å². The number of benzene rings is 2. The van der Waals surface area contributed by atoms with E-state index < -0.39 is 5.97 Å². The molecule has 1 fully saturated rings. The fourth-order valence-corrected chi connectivity index (χ4v) is 4.12. The quantitative estimate of drug-likeness (QED) is 0.452. The molecule has 0 spiro atoms. The summed E-state index contributed by atoms with van der Waals surface area (Å²) in [7, 11) is 1.54. The van der Waals surface area contributed by atoms with Gasteiger partial charge in [0.05, 0.1) is 18.4 Å². The van der Waals surface area contributed by atoms with E-state index in [4.69, 9.17) is 38.4 Å². The van der Waals surface area contributed by atoms with Crippen molar-refractivity contribution in [2.75, 3.05) is 13.7 Å². The first kappa shape index (κ1) is 22.1. The Balaban J connectivity index is 1.72. The standard InChI is InChI=1S/C21H18ClNO5S2/c1-27-17-10-14(4-7-16(17)28-12-13-2-5-15(22)6-3-13)11-18-20(26)23(21(29)30-18)9-8-19(24)25/h2-7,10-11H,8-9,12H2,1H3,(H,24,25). The number of carbonyl (C=O) groups is 2. The highest BCUT2D eigenvalue weighted by atomic mass is 35.5. The zero-order valence-corrected chi connectivity index (χ0v) is 18.4. The number of rotatable bonds is 8. The van der Waals surface area contributed by atoms with Crippen LogP contribution in [0, 0.1) is 0 Å². The lowest BCUT2D eigenvalue weighted by Gasteiger charge is -2.12. The van der Waals surface area contributed by atoms with Crippen molar-refractivity contribution in [3.8, 4) is 11.5 Å². The number of amides is 1. The number of carbonyl (C=O) groups excluding carboxylic acids is 1. The van der Waals surface area contributed by atoms with Crippen molar-refractivity contribution in [3.63, 3.8) is 0 Å². The van der Waals surface area contributed by atoms with Crippen LogP contribution >= 0.6 is 35.6 Å². The van der Waals surface area contributed by atoms with Gasteiger partial charge in [0.1, 0.15) is 10.9 Å². The van der Waals surface area contributed by atoms with Crippen LogP contribution in [-0.4, -0.2) is 39.9 Å². The zero-order chi connectivity index (χ0) is 21.7. The number of thiocarbonyl (C=S) groups is 1. The molecule has 156 valence electrons. The van der Waals surface area contributed by atoms with Gasteiger partial charge in [-0.05, 0) is 41.5 Å². The molecule has 2 aromatic carbocycles. The van der Waals surface area contributed by atoms with E-state index in [-0.39, 0.29) is 18.9 Å². The molecule has 0 aliphatic carbocycles. The first-order chi connectivity index (χ1) is 14.4. The van der Waals surface area contributed by atoms with E-state index in [1.54, 1.807) is 37.5 Å². The zero-order valence-electron chi connectivity index (χ0n) is 16.0. The SMILES string of the molecule is COc1cc(C=C2SC(=S)N(CCC(=O)O)C2=O)ccc1OCc1ccc(Cl)cc1. The molecule has 1 amide bonds. The van der Waals surface area contributed by atoms with Gasteiger partial charge in [0.25, 0.3) is 5.91 Å². The molecule has 3 rings (SSSR count). The maximum Gasteiger partial charge on any atom is 0.305 e. The summed E-state index contributed by atoms with van der Waals surface area (Å²) in [6.45, 7) is 0.410. The average molecular weight is 464 g/mol. The summed E-state index contributed by atoms with van der Waals surface area (Å²) < 4.78 is 11.6. The second kappa shape index (κ2) is 9.97. The molecular formula is C21H18ClNO5S2. The Hall–Kier alpha value is -2.55. The first-order valence-electron chi connectivity index (χ1n) is 8.90. The molecule has 0 saturated carbocycles. The van der Waals surface area contributed by atoms with E-state index in [2.05, 4.69) is 0 Å². The van der Waals surface area contributed by atoms with Crippen molar-refractivity contribution in [2.24, 2.45) is 0 Å². The molecule has 1 saturated heterocycles. The summed E-state index contributed by atoms with van der Waals surface area (Å²) in [5.74, 6) is -0.182. The van der Waals surface area contributed by atoms with Crippen LogP contribution in [0.4, 0.5) is 0 Å². The van der Waals surface area contributed by atoms with Crippen LogP contribution in [0.3, 0.4) is 0 Å². The summed E-state index contributed by atoms with van der Waals surface area (Å²) in [5.41, 5.74) is 1.71. The Morgan fingerprint density at radius 1 is 1.23 bits per heavy atom. The molecule has 9 heteroatoms. The summed E-state index contributed by atoms with van der Waals surface area (Å²) >= 11 is 12.2. The minimum absolute atomic E-state index is 0.0537. The smallest absolute Gasteiger partial charge is 0.305 e. The predicted molar refractivity (Wildman–Crippen MR) is 121 cm³/mol. The Labute approximate surface area is 188 Å². The third-order valence-corrected chi connectivity index (χ3v) is 5.85. The van der Waals surface area contributed by atoms with Gasteiger partial charge in [-0.25, -0.2) is 0 Å². The van der Waals surface area contributed by atoms with Gasteiger partial charge in [0.15, 0.2) is 11.5 Å². The molecule has 30 heavy (non-hydrogen) atoms. The molecule has 0 radical (unpaired) electrons. The minimum Gasteiger partial charge on any atom is -0.493 e. The van der Waals surface area contributed by atoms with Crippen molar-refractivity contribution >= 4 is 57.9 Å². The summed E-state index contributed by atoms with van der Waals surface area (Å²) in [6, 6.07) is 12.7. The van der Waals surface area contributed by atoms with Crippen LogP contribution in [0.2, 0.25) is 5.02 Å². The number of hydrogen-bond donors (Lipinski definition) is 1. The Morgan fingerprint density at radius 3 is 2.63 bits per heavy atom. The molecule has 1 aliphatic heterocycles. The molecule has 1 heterocycles. The lowest BCUT2D eigenvalue weighted by atomic mass is 10.1. The number of carboxylic acid groups (broad SMARTS) is 1. The number of carboxylic acids is 1. The second-order valence-corrected chi connectivity index (χ2v) is 8.41. The van der Waals surface area contributed by atoms with E-state index in [9.17, 15) is 9.59 Å². The Morgan fingerprint density at radius 2 is 1.97 bits per heavy atom. The van der Waals surface area contributed by atoms with Gasteiger partial charge >= 0.3 is 5.97 Å². The monoisotopic (exact) mass is 463 g/mol. The largest absolute Gasteiger partial charge is 0.493 e. The van der Waals surface area contributed by atoms with Crippen molar-refractivity contribution in [1.29, 1.82) is 0 Å². The highest BCUT2D eigenvalue weighted by Gasteiger charge is 2.32. The lowest BCUT2D eigenvalue weighted by molar-refractivity contribution is -0.137. The third kappa shape index (κ3) is 5.53. The molecule has 1 aliphatic rings. The van der Waals surface area contributed by atoms with Crippen LogP contribution in [0.5, 0.6) is 11.5 Å². The number of nitrogens with zero attached hydrogens (tertiary/aromatic N) is 1. The Kier molecular flexibility index (Phi) is 7.36. The molecule has 6 nitrogen and oxygen atoms in total. The van der Waals surface area contributed by atoms with Crippen LogP contribution in [0.15, 0.2) is 47.4 Å². The van der Waals surface area contributed by atoms with Crippen molar-refractivity contribution in [3.05, 3.63) is 63.5 Å². The number of methoxy groups -OCH3 is 1. The molecule has 0 unspecified atom stereocenters. The van der Waals surface area contributed by atoms with Gasteiger partial charge in [0.2, 0.25) is 0 Å². The van der Waals surface area contributed by atoms with Crippen LogP contribution in [0.1, 0.15) is 17.5 Å². The van der Waals surface area contributed by atoms with Crippen molar-refractivity contribution < 1.29 is 24.2 Å². The van der Waals surface area contributed by atoms with Gasteiger partial charge in [-0.3, -0.25) is 14.5 Å². The lowest BCUT2D eigenvalue weighted by Crippen LogP contribution is -2.30. The highest BCUT2D eigenvalue weighted by Crippen LogP contribution is 2.35. The topological polar surface area (TPSA) is 76.1 Å². The summed E-state index contributed by atoms with van der Waals surface area (Å²) in [5, 5.41) is 9.49. The van der Waals surface area contributed by atoms with E-state index in [1.807, 2.05) is 18.2 Å². The Bertz CT molecular complexity index is 1010. The minimum atomic E-state index is -0.980. The second-order valence-electron chi connectivity index (χ2n) is 6.30. The summed E-state index contributed by atoms with van der Waals surface area (Å²) in [6.07, 6.45) is 1.54. The highest BCUT2D eigenvalue weighted by molar-refractivity contribution is 8.26. The normalized spacial score (nSPS) is 15.0. The van der Waals surface area contributed by atoms with Gasteiger partial charge in [-0.2, -0.15) is 0 Å². The van der Waals surface area contributed by atoms with Crippen LogP contribution in [0.25, 0.3) is 6.08 Å². The predicted octanol–water partition coefficient (Wildman–Crippen LogP) is 4.60. The first-order valence-corrected chi connectivity index (χ1v) is 10.5. The van der Waals surface area contributed by atoms with Crippen molar-refractivity contribution in [2.45, 2.75) is 13.0 Å². The van der Waals surface area contributed by atoms with Gasteiger partial charge in [-0.15, -0.1) is 0 Å². The van der Waals surface area contributed by atoms with Crippen molar-refractivity contribution in [1.82, 2.24) is 4.90 Å². The number of thioether (sulfide) groups is 1. The molecule has 1 N–H and O–H groups in total. The molecular weight excluding hydrogens is 446 g/mol.